The van der Waals surface area contributed by atoms with Gasteiger partial charge >= 0.3 is 0 Å². The average molecular weight is 388 g/mol. The lowest BCUT2D eigenvalue weighted by atomic mass is 10.1. The predicted octanol–water partition coefficient (Wildman–Crippen LogP) is 3.32. The van der Waals surface area contributed by atoms with Crippen molar-refractivity contribution >= 4 is 39.9 Å². The van der Waals surface area contributed by atoms with E-state index in [1.54, 1.807) is 18.4 Å². The fourth-order valence-electron chi connectivity index (χ4n) is 2.09. The molecule has 7 nitrogen and oxygen atoms in total. The van der Waals surface area contributed by atoms with E-state index in [9.17, 15) is 9.59 Å². The van der Waals surface area contributed by atoms with Crippen LogP contribution in [-0.2, 0) is 4.79 Å². The number of benzene rings is 1. The van der Waals surface area contributed by atoms with Gasteiger partial charge in [-0.1, -0.05) is 29.5 Å². The Balaban J connectivity index is 1.65. The van der Waals surface area contributed by atoms with Crippen LogP contribution in [0.1, 0.15) is 22.8 Å². The molecule has 0 radical (unpaired) electrons. The third kappa shape index (κ3) is 4.12. The van der Waals surface area contributed by atoms with E-state index in [1.165, 1.54) is 11.3 Å². The minimum Gasteiger partial charge on any atom is -0.411 e. The van der Waals surface area contributed by atoms with E-state index in [0.717, 1.165) is 22.9 Å². The molecule has 0 aliphatic rings. The number of nitrogens with two attached hydrogens (primary N) is 1. The van der Waals surface area contributed by atoms with E-state index in [2.05, 4.69) is 15.5 Å². The molecule has 1 atom stereocenters. The van der Waals surface area contributed by atoms with E-state index in [4.69, 9.17) is 10.2 Å². The second-order valence-electron chi connectivity index (χ2n) is 5.52. The first-order valence-electron chi connectivity index (χ1n) is 7.69. The summed E-state index contributed by atoms with van der Waals surface area (Å²) in [6.07, 6.45) is 0. The van der Waals surface area contributed by atoms with Gasteiger partial charge in [0.2, 0.25) is 11.8 Å². The maximum absolute atomic E-state index is 12.3. The summed E-state index contributed by atoms with van der Waals surface area (Å²) in [5.41, 5.74) is 7.52. The van der Waals surface area contributed by atoms with Crippen molar-refractivity contribution < 1.29 is 14.0 Å². The minimum absolute atomic E-state index is 0.282. The van der Waals surface area contributed by atoms with Crippen molar-refractivity contribution in [3.05, 3.63) is 46.8 Å². The predicted molar refractivity (Wildman–Crippen MR) is 101 cm³/mol. The summed E-state index contributed by atoms with van der Waals surface area (Å²) >= 11 is 2.38. The van der Waals surface area contributed by atoms with Crippen molar-refractivity contribution in [2.45, 2.75) is 24.3 Å². The number of nitrogens with one attached hydrogen (secondary N) is 1. The van der Waals surface area contributed by atoms with Gasteiger partial charge in [0.1, 0.15) is 5.00 Å². The van der Waals surface area contributed by atoms with E-state index in [-0.39, 0.29) is 5.91 Å². The van der Waals surface area contributed by atoms with Crippen LogP contribution >= 0.6 is 23.1 Å². The fraction of sp³-hybridized carbons (Fsp3) is 0.176. The SMILES string of the molecule is Cc1ccc(-c2nnc(S[C@@H](C)C(=O)Nc3sccc3C(N)=O)o2)cc1. The van der Waals surface area contributed by atoms with Crippen molar-refractivity contribution in [2.75, 3.05) is 5.32 Å². The molecule has 0 bridgehead atoms. The number of hydrogen-bond donors (Lipinski definition) is 2. The van der Waals surface area contributed by atoms with Gasteiger partial charge in [-0.2, -0.15) is 0 Å². The molecule has 134 valence electrons. The molecular weight excluding hydrogens is 372 g/mol. The van der Waals surface area contributed by atoms with E-state index < -0.39 is 11.2 Å². The Labute approximate surface area is 158 Å². The highest BCUT2D eigenvalue weighted by Crippen LogP contribution is 2.28. The monoisotopic (exact) mass is 388 g/mol. The van der Waals surface area contributed by atoms with Gasteiger partial charge in [0, 0.05) is 5.56 Å². The summed E-state index contributed by atoms with van der Waals surface area (Å²) in [6.45, 7) is 3.71. The van der Waals surface area contributed by atoms with Gasteiger partial charge < -0.3 is 15.5 Å². The van der Waals surface area contributed by atoms with Gasteiger partial charge in [-0.05, 0) is 37.4 Å². The highest BCUT2D eigenvalue weighted by molar-refractivity contribution is 8.00. The Morgan fingerprint density at radius 3 is 2.65 bits per heavy atom. The molecule has 3 N–H and O–H groups in total. The Kier molecular flexibility index (Phi) is 5.38. The van der Waals surface area contributed by atoms with E-state index in [1.807, 2.05) is 31.2 Å². The van der Waals surface area contributed by atoms with Gasteiger partial charge in [0.25, 0.3) is 11.1 Å². The van der Waals surface area contributed by atoms with Crippen LogP contribution in [0.25, 0.3) is 11.5 Å². The van der Waals surface area contributed by atoms with Gasteiger partial charge in [-0.3, -0.25) is 9.59 Å². The molecule has 2 aromatic heterocycles. The Morgan fingerprint density at radius 2 is 1.96 bits per heavy atom. The molecule has 0 aliphatic heterocycles. The highest BCUT2D eigenvalue weighted by atomic mass is 32.2. The summed E-state index contributed by atoms with van der Waals surface area (Å²) in [7, 11) is 0. The van der Waals surface area contributed by atoms with Crippen LogP contribution in [0.4, 0.5) is 5.00 Å². The molecule has 3 aromatic rings. The molecule has 2 heterocycles. The first-order chi connectivity index (χ1) is 12.4. The van der Waals surface area contributed by atoms with Crippen LogP contribution in [0.5, 0.6) is 0 Å². The van der Waals surface area contributed by atoms with Gasteiger partial charge in [-0.25, -0.2) is 0 Å². The number of anilines is 1. The third-order valence-electron chi connectivity index (χ3n) is 3.52. The van der Waals surface area contributed by atoms with Gasteiger partial charge in [0.15, 0.2) is 0 Å². The van der Waals surface area contributed by atoms with Crippen molar-refractivity contribution in [3.63, 3.8) is 0 Å². The van der Waals surface area contributed by atoms with Crippen LogP contribution in [0, 0.1) is 6.92 Å². The number of aromatic nitrogens is 2. The van der Waals surface area contributed by atoms with Crippen molar-refractivity contribution in [2.24, 2.45) is 5.73 Å². The first-order valence-corrected chi connectivity index (χ1v) is 9.45. The smallest absolute Gasteiger partial charge is 0.277 e. The molecule has 2 amide bonds. The number of thioether (sulfide) groups is 1. The summed E-state index contributed by atoms with van der Waals surface area (Å²) in [5.74, 6) is -0.467. The van der Waals surface area contributed by atoms with Gasteiger partial charge in [-0.15, -0.1) is 21.5 Å². The minimum atomic E-state index is -0.582. The molecule has 3 rings (SSSR count). The third-order valence-corrected chi connectivity index (χ3v) is 5.28. The topological polar surface area (TPSA) is 111 Å². The number of hydrogen-bond acceptors (Lipinski definition) is 7. The maximum atomic E-state index is 12.3. The van der Waals surface area contributed by atoms with Crippen LogP contribution < -0.4 is 11.1 Å². The second-order valence-corrected chi connectivity index (χ2v) is 7.72. The Hall–Kier alpha value is -2.65. The first kappa shape index (κ1) is 18.2. The molecule has 0 saturated heterocycles. The van der Waals surface area contributed by atoms with Gasteiger partial charge in [0.05, 0.1) is 10.8 Å². The summed E-state index contributed by atoms with van der Waals surface area (Å²) in [6, 6.07) is 9.29. The van der Waals surface area contributed by atoms with Crippen molar-refractivity contribution in [3.8, 4) is 11.5 Å². The van der Waals surface area contributed by atoms with E-state index in [0.29, 0.717) is 21.7 Å². The highest BCUT2D eigenvalue weighted by Gasteiger charge is 2.21. The number of primary amides is 1. The second kappa shape index (κ2) is 7.71. The number of thiophene rings is 1. The zero-order valence-corrected chi connectivity index (χ0v) is 15.7. The summed E-state index contributed by atoms with van der Waals surface area (Å²) < 4.78 is 5.62. The van der Waals surface area contributed by atoms with Crippen LogP contribution in [0.3, 0.4) is 0 Å². The number of carbonyl (C=O) groups is 2. The number of nitrogens with zero attached hydrogens (tertiary/aromatic N) is 2. The van der Waals surface area contributed by atoms with Crippen molar-refractivity contribution in [1.29, 1.82) is 0 Å². The zero-order valence-electron chi connectivity index (χ0n) is 14.1. The molecule has 0 aliphatic carbocycles. The normalized spacial score (nSPS) is 11.9. The zero-order chi connectivity index (χ0) is 18.7. The lowest BCUT2D eigenvalue weighted by Crippen LogP contribution is -2.23. The molecule has 0 spiro atoms. The number of carbonyl (C=O) groups excluding carboxylic acids is 2. The number of amides is 2. The lowest BCUT2D eigenvalue weighted by molar-refractivity contribution is -0.115. The molecule has 9 heteroatoms. The molecular formula is C17H16N4O3S2. The van der Waals surface area contributed by atoms with Crippen molar-refractivity contribution in [1.82, 2.24) is 10.2 Å². The average Bonchev–Trinajstić information content (AvgIpc) is 3.25. The fourth-order valence-corrected chi connectivity index (χ4v) is 3.57. The maximum Gasteiger partial charge on any atom is 0.277 e. The molecule has 26 heavy (non-hydrogen) atoms. The molecule has 0 saturated carbocycles. The Morgan fingerprint density at radius 1 is 1.23 bits per heavy atom. The molecule has 1 aromatic carbocycles. The summed E-state index contributed by atoms with van der Waals surface area (Å²) in [4.78, 5) is 23.7. The molecule has 0 fully saturated rings. The van der Waals surface area contributed by atoms with Crippen LogP contribution in [0.15, 0.2) is 45.4 Å². The Bertz CT molecular complexity index is 934. The van der Waals surface area contributed by atoms with E-state index >= 15 is 0 Å². The quantitative estimate of drug-likeness (QED) is 0.627. The molecule has 0 unspecified atom stereocenters. The standard InChI is InChI=1S/C17H16N4O3S2/c1-9-3-5-11(6-4-9)15-20-21-17(24-15)26-10(2)14(23)19-16-12(13(18)22)7-8-25-16/h3-8,10H,1-2H3,(H2,18,22)(H,19,23)/t10-/m0/s1. The number of rotatable bonds is 6. The van der Waals surface area contributed by atoms with Crippen LogP contribution in [0.2, 0.25) is 0 Å². The lowest BCUT2D eigenvalue weighted by Gasteiger charge is -2.09. The summed E-state index contributed by atoms with van der Waals surface area (Å²) in [5, 5.41) is 12.6. The number of aryl methyl sites for hydroxylation is 1. The van der Waals surface area contributed by atoms with Crippen LogP contribution in [-0.4, -0.2) is 27.3 Å². The largest absolute Gasteiger partial charge is 0.411 e.